The molecule has 11 nitrogen and oxygen atoms in total. The van der Waals surface area contributed by atoms with Crippen LogP contribution in [0.2, 0.25) is 0 Å². The smallest absolute Gasteiger partial charge is 0.325 e. The van der Waals surface area contributed by atoms with Crippen LogP contribution in [0.1, 0.15) is 16.7 Å². The normalized spacial score (nSPS) is 16.2. The number of fused-ring (bicyclic) bond motifs is 2. The van der Waals surface area contributed by atoms with Crippen molar-refractivity contribution in [2.24, 2.45) is 7.05 Å². The van der Waals surface area contributed by atoms with E-state index in [0.717, 1.165) is 33.3 Å². The molecule has 2 unspecified atom stereocenters. The van der Waals surface area contributed by atoms with E-state index in [1.165, 1.54) is 12.1 Å². The topological polar surface area (TPSA) is 160 Å². The third-order valence-electron chi connectivity index (χ3n) is 10.6. The summed E-state index contributed by atoms with van der Waals surface area (Å²) < 4.78 is 46.8. The van der Waals surface area contributed by atoms with Gasteiger partial charge in [0.1, 0.15) is 15.9 Å². The summed E-state index contributed by atoms with van der Waals surface area (Å²) in [6, 6.07) is 53.9. The number of aromatic nitrogens is 3. The first-order chi connectivity index (χ1) is 29.2. The molecule has 290 valence electrons. The molecule has 2 atom stereocenters. The van der Waals surface area contributed by atoms with Crippen LogP contribution in [0.3, 0.4) is 0 Å². The summed E-state index contributed by atoms with van der Waals surface area (Å²) in [5.74, 6) is 0.183. The van der Waals surface area contributed by atoms with E-state index in [2.05, 4.69) is 16.7 Å². The predicted molar refractivity (Wildman–Crippen MR) is 221 cm³/mol. The number of rotatable bonds is 9. The minimum atomic E-state index is -5.19. The highest BCUT2D eigenvalue weighted by molar-refractivity contribution is 5.98. The van der Waals surface area contributed by atoms with Gasteiger partial charge in [0, 0.05) is 58.5 Å². The molecule has 8 aromatic rings. The van der Waals surface area contributed by atoms with Crippen molar-refractivity contribution in [1.29, 1.82) is 10.5 Å². The number of benzene rings is 6. The van der Waals surface area contributed by atoms with E-state index >= 15 is 0 Å². The quantitative estimate of drug-likeness (QED) is 0.136. The number of hydroxylamine groups is 1. The molecule has 0 amide bonds. The molecule has 0 fully saturated rings. The summed E-state index contributed by atoms with van der Waals surface area (Å²) in [7, 11) is -3.20. The van der Waals surface area contributed by atoms with Crippen molar-refractivity contribution in [3.05, 3.63) is 187 Å². The fourth-order valence-corrected chi connectivity index (χ4v) is 8.48. The second kappa shape index (κ2) is 15.4. The molecule has 3 heterocycles. The van der Waals surface area contributed by atoms with Gasteiger partial charge in [0.2, 0.25) is 12.0 Å². The molecule has 0 saturated heterocycles. The van der Waals surface area contributed by atoms with Crippen LogP contribution in [0.4, 0.5) is 23.0 Å². The first-order valence-electron chi connectivity index (χ1n) is 18.9. The number of para-hydroxylation sites is 1. The molecular weight excluding hydrogens is 774 g/mol. The molecule has 0 aliphatic carbocycles. The van der Waals surface area contributed by atoms with Gasteiger partial charge in [-0.2, -0.15) is 29.5 Å². The van der Waals surface area contributed by atoms with Crippen LogP contribution < -0.4 is 23.5 Å². The Morgan fingerprint density at radius 2 is 1.17 bits per heavy atom. The van der Waals surface area contributed by atoms with E-state index in [0.29, 0.717) is 33.8 Å². The Labute approximate surface area is 347 Å². The van der Waals surface area contributed by atoms with E-state index in [4.69, 9.17) is 14.4 Å². The zero-order valence-electron chi connectivity index (χ0n) is 32.0. The highest BCUT2D eigenvalue weighted by Crippen LogP contribution is 2.55. The molecule has 1 aliphatic rings. The lowest BCUT2D eigenvalue weighted by molar-refractivity contribution is -1.92. The van der Waals surface area contributed by atoms with Crippen LogP contribution in [0, 0.1) is 32.9 Å². The molecule has 1 aliphatic heterocycles. The minimum Gasteiger partial charge on any atom is -0.343 e. The summed E-state index contributed by atoms with van der Waals surface area (Å²) in [5, 5.41) is 20.5. The minimum absolute atomic E-state index is 0.00891. The van der Waals surface area contributed by atoms with Crippen LogP contribution in [0.15, 0.2) is 170 Å². The number of anilines is 2. The third-order valence-corrected chi connectivity index (χ3v) is 11.0. The Kier molecular flexibility index (Phi) is 9.76. The van der Waals surface area contributed by atoms with Gasteiger partial charge in [0.15, 0.2) is 5.69 Å². The largest absolute Gasteiger partial charge is 0.343 e. The Bertz CT molecular complexity index is 2980. The zero-order chi connectivity index (χ0) is 41.4. The van der Waals surface area contributed by atoms with E-state index in [1.807, 2.05) is 128 Å². The fraction of sp³-hybridized carbons (Fsp3) is 0.0417. The van der Waals surface area contributed by atoms with Crippen molar-refractivity contribution in [2.45, 2.75) is 6.17 Å². The molecule has 0 bridgehead atoms. The number of nitrogens with zero attached hydrogens (tertiary/aromatic N) is 7. The van der Waals surface area contributed by atoms with E-state index < -0.39 is 21.1 Å². The lowest BCUT2D eigenvalue weighted by atomic mass is 10.0. The van der Waals surface area contributed by atoms with Crippen LogP contribution in [0.5, 0.6) is 0 Å². The second-order valence-electron chi connectivity index (χ2n) is 14.1. The van der Waals surface area contributed by atoms with Crippen molar-refractivity contribution in [3.63, 3.8) is 0 Å². The lowest BCUT2D eigenvalue weighted by Gasteiger charge is -2.31. The maximum absolute atomic E-state index is 13.3. The SMILES string of the molecule is Cn1c(-c2ccccc2)c(C=CC2N(c3ccc(C#N)cc3)c3nc(-c4ccccc4)c(-c4ccccc4)nc3[N+]2(O[Cl+3]([O-])([O-])[O-])c2ccc(C#N)cc2)c2ccccc21. The van der Waals surface area contributed by atoms with Crippen LogP contribution in [-0.4, -0.2) is 20.7 Å². The van der Waals surface area contributed by atoms with E-state index in [1.54, 1.807) is 47.4 Å². The number of nitriles is 2. The Hall–Kier alpha value is -7.45. The summed E-state index contributed by atoms with van der Waals surface area (Å²) in [4.78, 5) is 12.4. The summed E-state index contributed by atoms with van der Waals surface area (Å²) >= 11 is 0. The highest BCUT2D eigenvalue weighted by atomic mass is 35.7. The number of hydrogen-bond donors (Lipinski definition) is 0. The first kappa shape index (κ1) is 38.1. The van der Waals surface area contributed by atoms with E-state index in [-0.39, 0.29) is 17.3 Å². The van der Waals surface area contributed by atoms with Crippen LogP contribution >= 0.6 is 0 Å². The molecule has 60 heavy (non-hydrogen) atoms. The molecular formula is C48H33ClN7O4+. The molecule has 12 heteroatoms. The van der Waals surface area contributed by atoms with Crippen LogP contribution in [-0.2, 0) is 11.4 Å². The monoisotopic (exact) mass is 806 g/mol. The number of halogens is 1. The van der Waals surface area contributed by atoms with Crippen molar-refractivity contribution in [3.8, 4) is 45.9 Å². The number of hydrogen-bond acceptors (Lipinski definition) is 9. The standard InChI is InChI=1S/C48H33ClN7O4/c1-54-42-20-12-11-19-40(42)41(46(54)37-17-9-4-10-18-37)29-30-43-55(38-25-21-33(31-50)22-26-38)47-48(56(43,60-49(57,58)59)39-27-23-34(32-51)24-28-39)53-45(36-15-7-3-8-16-36)44(52-47)35-13-5-2-6-14-35/h2-30,43H,1H3/q+1. The highest BCUT2D eigenvalue weighted by Gasteiger charge is 2.67. The van der Waals surface area contributed by atoms with Gasteiger partial charge in [-0.25, -0.2) is 4.98 Å². The van der Waals surface area contributed by atoms with Gasteiger partial charge in [-0.15, -0.1) is 0 Å². The number of quaternary nitrogens is 1. The van der Waals surface area contributed by atoms with Crippen molar-refractivity contribution in [1.82, 2.24) is 19.2 Å². The summed E-state index contributed by atoms with van der Waals surface area (Å²) in [5.41, 5.74) is 7.32. The molecule has 0 N–H and O–H groups in total. The van der Waals surface area contributed by atoms with Gasteiger partial charge in [0.05, 0.1) is 39.3 Å². The van der Waals surface area contributed by atoms with Gasteiger partial charge >= 0.3 is 5.82 Å². The number of aryl methyl sites for hydroxylation is 1. The average molecular weight is 807 g/mol. The molecule has 6 aromatic carbocycles. The lowest BCUT2D eigenvalue weighted by Crippen LogP contribution is -2.69. The van der Waals surface area contributed by atoms with Gasteiger partial charge < -0.3 is 4.57 Å². The van der Waals surface area contributed by atoms with Gasteiger partial charge in [-0.05, 0) is 54.1 Å². The Morgan fingerprint density at radius 1 is 0.650 bits per heavy atom. The second-order valence-corrected chi connectivity index (χ2v) is 15.0. The first-order valence-corrected chi connectivity index (χ1v) is 20.1. The summed E-state index contributed by atoms with van der Waals surface area (Å²) in [6.45, 7) is 0. The van der Waals surface area contributed by atoms with Crippen molar-refractivity contribution < 1.29 is 28.6 Å². The molecule has 2 aromatic heterocycles. The Morgan fingerprint density at radius 3 is 1.73 bits per heavy atom. The molecule has 0 spiro atoms. The van der Waals surface area contributed by atoms with E-state index in [9.17, 15) is 24.5 Å². The average Bonchev–Trinajstić information content (AvgIpc) is 3.72. The molecule has 0 saturated carbocycles. The predicted octanol–water partition coefficient (Wildman–Crippen LogP) is 7.37. The third kappa shape index (κ3) is 6.66. The van der Waals surface area contributed by atoms with Crippen molar-refractivity contribution in [2.75, 3.05) is 4.90 Å². The fourth-order valence-electron chi connectivity index (χ4n) is 7.99. The molecule has 0 radical (unpaired) electrons. The Balaban J connectivity index is 1.41. The molecule has 9 rings (SSSR count). The van der Waals surface area contributed by atoms with Crippen molar-refractivity contribution >= 4 is 40.0 Å². The maximum atomic E-state index is 13.3. The van der Waals surface area contributed by atoms with Gasteiger partial charge in [-0.1, -0.05) is 109 Å². The summed E-state index contributed by atoms with van der Waals surface area (Å²) in [6.07, 6.45) is 2.47. The van der Waals surface area contributed by atoms with Gasteiger partial charge in [0.25, 0.3) is 4.39 Å². The van der Waals surface area contributed by atoms with Gasteiger partial charge in [-0.3, -0.25) is 4.90 Å². The van der Waals surface area contributed by atoms with Crippen LogP contribution in [0.25, 0.3) is 50.8 Å². The maximum Gasteiger partial charge on any atom is 0.325 e. The zero-order valence-corrected chi connectivity index (χ0v) is 32.7.